The lowest BCUT2D eigenvalue weighted by atomic mass is 9.66. The standard InChI is InChI=1S/C13H12N2O3/c16-10-13(7-4-8-13)11(17)15(12(18)14-10)9-5-2-1-3-6-9/h1-3,5-6H,4,7-8H2,(H,14,16,18). The average Bonchev–Trinajstić information content (AvgIpc) is 2.28. The Balaban J connectivity index is 2.02. The molecule has 2 fully saturated rings. The molecule has 4 amide bonds. The van der Waals surface area contributed by atoms with Crippen molar-refractivity contribution in [2.75, 3.05) is 4.90 Å². The molecule has 1 N–H and O–H groups in total. The van der Waals surface area contributed by atoms with Gasteiger partial charge in [-0.15, -0.1) is 0 Å². The van der Waals surface area contributed by atoms with Gasteiger partial charge < -0.3 is 0 Å². The molecule has 5 heteroatoms. The zero-order valence-corrected chi connectivity index (χ0v) is 9.68. The highest BCUT2D eigenvalue weighted by Crippen LogP contribution is 2.45. The summed E-state index contributed by atoms with van der Waals surface area (Å²) in [4.78, 5) is 37.1. The van der Waals surface area contributed by atoms with E-state index in [0.717, 1.165) is 11.3 Å². The number of rotatable bonds is 1. The highest BCUT2D eigenvalue weighted by Gasteiger charge is 2.57. The minimum absolute atomic E-state index is 0.395. The number of nitrogens with one attached hydrogen (secondary N) is 1. The van der Waals surface area contributed by atoms with Gasteiger partial charge in [-0.25, -0.2) is 9.69 Å². The van der Waals surface area contributed by atoms with Gasteiger partial charge in [0.25, 0.3) is 5.91 Å². The summed E-state index contributed by atoms with van der Waals surface area (Å²) in [6.07, 6.45) is 1.89. The van der Waals surface area contributed by atoms with Crippen molar-refractivity contribution in [2.45, 2.75) is 19.3 Å². The van der Waals surface area contributed by atoms with Crippen LogP contribution in [-0.4, -0.2) is 17.8 Å². The summed E-state index contributed by atoms with van der Waals surface area (Å²) in [6.45, 7) is 0. The lowest BCUT2D eigenvalue weighted by Crippen LogP contribution is -2.66. The maximum Gasteiger partial charge on any atom is 0.335 e. The smallest absolute Gasteiger partial charge is 0.276 e. The second-order valence-electron chi connectivity index (χ2n) is 4.67. The fourth-order valence-corrected chi connectivity index (χ4v) is 2.46. The van der Waals surface area contributed by atoms with Crippen molar-refractivity contribution >= 4 is 23.5 Å². The number of urea groups is 1. The minimum Gasteiger partial charge on any atom is -0.276 e. The largest absolute Gasteiger partial charge is 0.335 e. The minimum atomic E-state index is -1.01. The van der Waals surface area contributed by atoms with Crippen LogP contribution in [0.2, 0.25) is 0 Å². The molecule has 0 unspecified atom stereocenters. The Bertz CT molecular complexity index is 534. The molecule has 1 saturated heterocycles. The highest BCUT2D eigenvalue weighted by molar-refractivity contribution is 6.30. The third-order valence-corrected chi connectivity index (χ3v) is 3.69. The number of anilines is 1. The van der Waals surface area contributed by atoms with Crippen LogP contribution in [0, 0.1) is 5.41 Å². The molecule has 18 heavy (non-hydrogen) atoms. The van der Waals surface area contributed by atoms with E-state index < -0.39 is 23.3 Å². The predicted molar refractivity (Wildman–Crippen MR) is 63.8 cm³/mol. The molecule has 1 aromatic carbocycles. The van der Waals surface area contributed by atoms with Gasteiger partial charge in [-0.05, 0) is 25.0 Å². The molecule has 1 heterocycles. The number of para-hydroxylation sites is 1. The Morgan fingerprint density at radius 2 is 1.72 bits per heavy atom. The van der Waals surface area contributed by atoms with Crippen molar-refractivity contribution in [1.82, 2.24) is 5.32 Å². The summed E-state index contributed by atoms with van der Waals surface area (Å²) in [7, 11) is 0. The van der Waals surface area contributed by atoms with Crippen molar-refractivity contribution in [3.63, 3.8) is 0 Å². The summed E-state index contributed by atoms with van der Waals surface area (Å²) < 4.78 is 0. The second kappa shape index (κ2) is 3.66. The maximum atomic E-state index is 12.4. The van der Waals surface area contributed by atoms with Gasteiger partial charge in [0.2, 0.25) is 5.91 Å². The van der Waals surface area contributed by atoms with E-state index in [2.05, 4.69) is 5.32 Å². The Kier molecular flexibility index (Phi) is 2.23. The van der Waals surface area contributed by atoms with Crippen LogP contribution in [0.25, 0.3) is 0 Å². The summed E-state index contributed by atoms with van der Waals surface area (Å²) in [5, 5.41) is 2.28. The zero-order valence-electron chi connectivity index (χ0n) is 9.68. The predicted octanol–water partition coefficient (Wildman–Crippen LogP) is 1.44. The molecule has 1 spiro atoms. The normalized spacial score (nSPS) is 21.8. The number of carbonyl (C=O) groups excluding carboxylic acids is 3. The third-order valence-electron chi connectivity index (χ3n) is 3.69. The first-order chi connectivity index (χ1) is 8.65. The first kappa shape index (κ1) is 11.0. The van der Waals surface area contributed by atoms with Gasteiger partial charge in [0, 0.05) is 0 Å². The summed E-state index contributed by atoms with van der Waals surface area (Å²) in [6, 6.07) is 8.01. The van der Waals surface area contributed by atoms with E-state index in [1.807, 2.05) is 0 Å². The molecule has 2 aliphatic rings. The summed E-state index contributed by atoms with van der Waals surface area (Å²) >= 11 is 0. The summed E-state index contributed by atoms with van der Waals surface area (Å²) in [5.41, 5.74) is -0.511. The molecule has 92 valence electrons. The van der Waals surface area contributed by atoms with E-state index >= 15 is 0 Å². The topological polar surface area (TPSA) is 66.5 Å². The van der Waals surface area contributed by atoms with E-state index in [9.17, 15) is 14.4 Å². The molecule has 0 bridgehead atoms. The Labute approximate surface area is 104 Å². The number of benzene rings is 1. The number of barbiturate groups is 1. The number of imide groups is 2. The molecule has 0 atom stereocenters. The zero-order chi connectivity index (χ0) is 12.8. The van der Waals surface area contributed by atoms with Crippen LogP contribution in [0.1, 0.15) is 19.3 Å². The van der Waals surface area contributed by atoms with Crippen LogP contribution in [0.5, 0.6) is 0 Å². The molecule has 0 radical (unpaired) electrons. The first-order valence-corrected chi connectivity index (χ1v) is 5.90. The van der Waals surface area contributed by atoms with E-state index in [1.54, 1.807) is 30.3 Å². The van der Waals surface area contributed by atoms with Gasteiger partial charge in [-0.1, -0.05) is 24.6 Å². The molecular weight excluding hydrogens is 232 g/mol. The second-order valence-corrected chi connectivity index (χ2v) is 4.67. The maximum absolute atomic E-state index is 12.4. The van der Waals surface area contributed by atoms with E-state index in [0.29, 0.717) is 18.5 Å². The van der Waals surface area contributed by atoms with Gasteiger partial charge in [0.1, 0.15) is 5.41 Å². The number of carbonyl (C=O) groups is 3. The van der Waals surface area contributed by atoms with Gasteiger partial charge in [-0.2, -0.15) is 0 Å². The van der Waals surface area contributed by atoms with Gasteiger partial charge in [-0.3, -0.25) is 14.9 Å². The first-order valence-electron chi connectivity index (χ1n) is 5.90. The quantitative estimate of drug-likeness (QED) is 0.760. The van der Waals surface area contributed by atoms with Crippen LogP contribution in [0.4, 0.5) is 10.5 Å². The molecule has 1 aliphatic heterocycles. The highest BCUT2D eigenvalue weighted by atomic mass is 16.2. The Morgan fingerprint density at radius 3 is 2.28 bits per heavy atom. The molecule has 1 aliphatic carbocycles. The van der Waals surface area contributed by atoms with E-state index in [-0.39, 0.29) is 0 Å². The van der Waals surface area contributed by atoms with Crippen LogP contribution < -0.4 is 10.2 Å². The number of hydrogen-bond acceptors (Lipinski definition) is 3. The van der Waals surface area contributed by atoms with Gasteiger partial charge in [0.15, 0.2) is 0 Å². The lowest BCUT2D eigenvalue weighted by molar-refractivity contribution is -0.148. The Morgan fingerprint density at radius 1 is 1.06 bits per heavy atom. The Hall–Kier alpha value is -2.17. The van der Waals surface area contributed by atoms with Crippen LogP contribution in [-0.2, 0) is 9.59 Å². The van der Waals surface area contributed by atoms with Gasteiger partial charge >= 0.3 is 6.03 Å². The average molecular weight is 244 g/mol. The van der Waals surface area contributed by atoms with Crippen molar-refractivity contribution in [3.05, 3.63) is 30.3 Å². The molecule has 5 nitrogen and oxygen atoms in total. The molecule has 1 aromatic rings. The lowest BCUT2D eigenvalue weighted by Gasteiger charge is -2.44. The van der Waals surface area contributed by atoms with Crippen molar-refractivity contribution in [1.29, 1.82) is 0 Å². The summed E-state index contributed by atoms with van der Waals surface area (Å²) in [5.74, 6) is -0.843. The van der Waals surface area contributed by atoms with Crippen LogP contribution in [0.15, 0.2) is 30.3 Å². The molecule has 0 aromatic heterocycles. The third kappa shape index (κ3) is 1.30. The van der Waals surface area contributed by atoms with Crippen molar-refractivity contribution in [2.24, 2.45) is 5.41 Å². The fourth-order valence-electron chi connectivity index (χ4n) is 2.46. The molecule has 3 rings (SSSR count). The number of hydrogen-bond donors (Lipinski definition) is 1. The van der Waals surface area contributed by atoms with Crippen molar-refractivity contribution in [3.8, 4) is 0 Å². The van der Waals surface area contributed by atoms with Crippen LogP contribution in [0.3, 0.4) is 0 Å². The van der Waals surface area contributed by atoms with Crippen molar-refractivity contribution < 1.29 is 14.4 Å². The SMILES string of the molecule is O=C1NC(=O)C2(CCC2)C(=O)N1c1ccccc1. The number of amides is 4. The van der Waals surface area contributed by atoms with E-state index in [4.69, 9.17) is 0 Å². The fraction of sp³-hybridized carbons (Fsp3) is 0.308. The molecular formula is C13H12N2O3. The number of nitrogens with zero attached hydrogens (tertiary/aromatic N) is 1. The monoisotopic (exact) mass is 244 g/mol. The molecule has 1 saturated carbocycles. The van der Waals surface area contributed by atoms with Crippen LogP contribution >= 0.6 is 0 Å². The van der Waals surface area contributed by atoms with Gasteiger partial charge in [0.05, 0.1) is 5.69 Å². The van der Waals surface area contributed by atoms with E-state index in [1.165, 1.54) is 0 Å².